The van der Waals surface area contributed by atoms with Gasteiger partial charge in [-0.25, -0.2) is 13.9 Å². The molecule has 1 N–H and O–H groups in total. The molecule has 0 unspecified atom stereocenters. The van der Waals surface area contributed by atoms with Gasteiger partial charge in [0.15, 0.2) is 12.0 Å². The van der Waals surface area contributed by atoms with E-state index in [2.05, 4.69) is 4.98 Å². The maximum atomic E-state index is 12.2. The summed E-state index contributed by atoms with van der Waals surface area (Å²) in [6, 6.07) is 12.9. The van der Waals surface area contributed by atoms with Crippen LogP contribution in [-0.2, 0) is 0 Å². The van der Waals surface area contributed by atoms with Crippen molar-refractivity contribution in [1.29, 1.82) is 0 Å². The summed E-state index contributed by atoms with van der Waals surface area (Å²) < 4.78 is 3.09. The zero-order valence-corrected chi connectivity index (χ0v) is 11.5. The third-order valence-corrected chi connectivity index (χ3v) is 3.29. The summed E-state index contributed by atoms with van der Waals surface area (Å²) in [6.07, 6.45) is 4.30. The molecule has 0 aliphatic rings. The molecule has 3 aromatic rings. The molecule has 3 rings (SSSR count). The monoisotopic (exact) mass is 280 g/mol. The number of hydrogen-bond donors (Lipinski definition) is 1. The second-order valence-electron chi connectivity index (χ2n) is 4.74. The Morgan fingerprint density at radius 3 is 2.38 bits per heavy atom. The van der Waals surface area contributed by atoms with Crippen molar-refractivity contribution in [3.63, 3.8) is 0 Å². The van der Waals surface area contributed by atoms with Crippen LogP contribution in [0.1, 0.15) is 16.1 Å². The molecule has 0 spiro atoms. The summed E-state index contributed by atoms with van der Waals surface area (Å²) in [7, 11) is 0. The Morgan fingerprint density at radius 1 is 1.10 bits per heavy atom. The van der Waals surface area contributed by atoms with E-state index in [0.717, 1.165) is 5.56 Å². The second-order valence-corrected chi connectivity index (χ2v) is 4.74. The number of imidazole rings is 1. The predicted molar refractivity (Wildman–Crippen MR) is 78.0 cm³/mol. The van der Waals surface area contributed by atoms with Gasteiger partial charge in [-0.3, -0.25) is 4.79 Å². The number of para-hydroxylation sites is 1. The Kier molecular flexibility index (Phi) is 3.23. The van der Waals surface area contributed by atoms with Gasteiger partial charge in [0.25, 0.3) is 0 Å². The summed E-state index contributed by atoms with van der Waals surface area (Å²) in [5, 5.41) is 0. The number of aldehydes is 1. The van der Waals surface area contributed by atoms with Gasteiger partial charge >= 0.3 is 11.5 Å². The van der Waals surface area contributed by atoms with Crippen LogP contribution in [0.3, 0.4) is 0 Å². The first kappa shape index (κ1) is 13.1. The van der Waals surface area contributed by atoms with Crippen molar-refractivity contribution >= 4 is 6.29 Å². The number of hydrogen-bond acceptors (Lipinski definition) is 2. The van der Waals surface area contributed by atoms with Crippen molar-refractivity contribution in [2.75, 3.05) is 0 Å². The lowest BCUT2D eigenvalue weighted by atomic mass is 10.3. The summed E-state index contributed by atoms with van der Waals surface area (Å²) in [6.45, 7) is 1.98. The lowest BCUT2D eigenvalue weighted by Gasteiger charge is -2.01. The van der Waals surface area contributed by atoms with Gasteiger partial charge in [0.05, 0.1) is 18.1 Å². The van der Waals surface area contributed by atoms with Crippen molar-refractivity contribution in [2.45, 2.75) is 6.92 Å². The minimum absolute atomic E-state index is 0.292. The highest BCUT2D eigenvalue weighted by molar-refractivity contribution is 5.77. The van der Waals surface area contributed by atoms with Crippen molar-refractivity contribution in [3.05, 3.63) is 76.6 Å². The smallest absolute Gasteiger partial charge is 0.296 e. The molecule has 0 aliphatic carbocycles. The summed E-state index contributed by atoms with van der Waals surface area (Å²) in [4.78, 5) is 26.4. The largest absolute Gasteiger partial charge is 0.418 e. The van der Waals surface area contributed by atoms with Gasteiger partial charge in [0, 0.05) is 0 Å². The van der Waals surface area contributed by atoms with E-state index in [1.165, 1.54) is 4.57 Å². The van der Waals surface area contributed by atoms with Crippen LogP contribution >= 0.6 is 0 Å². The highest BCUT2D eigenvalue weighted by Gasteiger charge is 2.22. The molecule has 0 aliphatic heterocycles. The number of aromatic nitrogens is 3. The number of aryl methyl sites for hydroxylation is 1. The van der Waals surface area contributed by atoms with Crippen LogP contribution in [0.4, 0.5) is 0 Å². The normalized spacial score (nSPS) is 10.5. The van der Waals surface area contributed by atoms with Gasteiger partial charge < -0.3 is 0 Å². The van der Waals surface area contributed by atoms with Gasteiger partial charge in [0.1, 0.15) is 0 Å². The van der Waals surface area contributed by atoms with Gasteiger partial charge in [-0.05, 0) is 36.8 Å². The number of carbonyl (C=O) groups is 1. The molecular formula is C16H14N3O2+. The van der Waals surface area contributed by atoms with Crippen LogP contribution in [0.15, 0.2) is 59.7 Å². The maximum Gasteiger partial charge on any atom is 0.418 e. The van der Waals surface area contributed by atoms with Gasteiger partial charge in [0.2, 0.25) is 0 Å². The molecule has 0 amide bonds. The van der Waals surface area contributed by atoms with E-state index in [1.54, 1.807) is 16.7 Å². The highest BCUT2D eigenvalue weighted by atomic mass is 16.1. The standard InChI is InChI=1S/C16H13N3O2/c1-12-7-9-18(10-8-12)15-14(11-20)19(16(21)17-15)13-5-3-2-4-6-13/h2-11H,1H3/p+1. The van der Waals surface area contributed by atoms with Crippen LogP contribution < -0.4 is 10.3 Å². The fourth-order valence-electron chi connectivity index (χ4n) is 2.23. The molecule has 0 bridgehead atoms. The number of rotatable bonds is 3. The van der Waals surface area contributed by atoms with E-state index in [0.29, 0.717) is 23.5 Å². The first-order valence-electron chi connectivity index (χ1n) is 6.54. The quantitative estimate of drug-likeness (QED) is 0.584. The third kappa shape index (κ3) is 2.29. The average molecular weight is 280 g/mol. The topological polar surface area (TPSA) is 58.7 Å². The lowest BCUT2D eigenvalue weighted by molar-refractivity contribution is -0.599. The fraction of sp³-hybridized carbons (Fsp3) is 0.0625. The molecule has 0 saturated carbocycles. The van der Waals surface area contributed by atoms with Crippen molar-refractivity contribution in [3.8, 4) is 11.5 Å². The maximum absolute atomic E-state index is 12.2. The predicted octanol–water partition coefficient (Wildman–Crippen LogP) is 1.56. The van der Waals surface area contributed by atoms with E-state index in [-0.39, 0.29) is 5.69 Å². The number of pyridine rings is 1. The number of nitrogens with zero attached hydrogens (tertiary/aromatic N) is 2. The van der Waals surface area contributed by atoms with Crippen LogP contribution in [-0.4, -0.2) is 15.8 Å². The minimum atomic E-state index is -0.341. The first-order valence-corrected chi connectivity index (χ1v) is 6.54. The molecule has 2 aromatic heterocycles. The molecule has 5 heteroatoms. The van der Waals surface area contributed by atoms with Crippen LogP contribution in [0.25, 0.3) is 11.5 Å². The second kappa shape index (κ2) is 5.20. The Morgan fingerprint density at radius 2 is 1.76 bits per heavy atom. The molecule has 0 fully saturated rings. The van der Waals surface area contributed by atoms with Gasteiger partial charge in [-0.2, -0.15) is 4.98 Å². The Labute approximate surface area is 121 Å². The lowest BCUT2D eigenvalue weighted by Crippen LogP contribution is -2.31. The molecule has 104 valence electrons. The number of aromatic amines is 1. The van der Waals surface area contributed by atoms with Crippen molar-refractivity contribution in [1.82, 2.24) is 9.55 Å². The minimum Gasteiger partial charge on any atom is -0.296 e. The van der Waals surface area contributed by atoms with Crippen LogP contribution in [0.5, 0.6) is 0 Å². The number of H-pyrrole nitrogens is 1. The molecule has 1 aromatic carbocycles. The SMILES string of the molecule is Cc1cc[n+](-c2[nH]c(=O)n(-c3ccccc3)c2C=O)cc1. The first-order chi connectivity index (χ1) is 10.2. The number of nitrogens with one attached hydrogen (secondary N) is 1. The molecule has 21 heavy (non-hydrogen) atoms. The van der Waals surface area contributed by atoms with Gasteiger partial charge in [-0.15, -0.1) is 0 Å². The Balaban J connectivity index is 2.23. The zero-order valence-electron chi connectivity index (χ0n) is 11.5. The van der Waals surface area contributed by atoms with E-state index in [4.69, 9.17) is 0 Å². The summed E-state index contributed by atoms with van der Waals surface area (Å²) in [5.41, 5.74) is 1.70. The fourth-order valence-corrected chi connectivity index (χ4v) is 2.23. The van der Waals surface area contributed by atoms with E-state index >= 15 is 0 Å². The van der Waals surface area contributed by atoms with Crippen LogP contribution in [0, 0.1) is 6.92 Å². The summed E-state index contributed by atoms with van der Waals surface area (Å²) >= 11 is 0. The highest BCUT2D eigenvalue weighted by Crippen LogP contribution is 2.10. The van der Waals surface area contributed by atoms with E-state index < -0.39 is 0 Å². The van der Waals surface area contributed by atoms with Crippen LogP contribution in [0.2, 0.25) is 0 Å². The average Bonchev–Trinajstić information content (AvgIpc) is 2.85. The molecular weight excluding hydrogens is 266 g/mol. The van der Waals surface area contributed by atoms with E-state index in [9.17, 15) is 9.59 Å². The number of benzene rings is 1. The van der Waals surface area contributed by atoms with Crippen molar-refractivity contribution in [2.24, 2.45) is 0 Å². The zero-order chi connectivity index (χ0) is 14.8. The van der Waals surface area contributed by atoms with Crippen molar-refractivity contribution < 1.29 is 9.36 Å². The Hall–Kier alpha value is -2.95. The number of carbonyl (C=O) groups excluding carboxylic acids is 1. The molecule has 0 atom stereocenters. The van der Waals surface area contributed by atoms with E-state index in [1.807, 2.05) is 49.6 Å². The Bertz CT molecular complexity index is 830. The van der Waals surface area contributed by atoms with Gasteiger partial charge in [-0.1, -0.05) is 18.2 Å². The molecule has 0 saturated heterocycles. The third-order valence-electron chi connectivity index (χ3n) is 3.29. The molecule has 5 nitrogen and oxygen atoms in total. The summed E-state index contributed by atoms with van der Waals surface area (Å²) in [5.74, 6) is 0.457. The molecule has 0 radical (unpaired) electrons. The molecule has 2 heterocycles.